The van der Waals surface area contributed by atoms with E-state index < -0.39 is 16.0 Å². The highest BCUT2D eigenvalue weighted by Crippen LogP contribution is 2.27. The molecule has 2 N–H and O–H groups in total. The van der Waals surface area contributed by atoms with Crippen LogP contribution in [0.1, 0.15) is 48.8 Å². The van der Waals surface area contributed by atoms with Crippen LogP contribution in [0.5, 0.6) is 0 Å². The lowest BCUT2D eigenvalue weighted by molar-refractivity contribution is -0.137. The molecule has 5 nitrogen and oxygen atoms in total. The summed E-state index contributed by atoms with van der Waals surface area (Å²) in [5.74, 6) is -0.767. The third-order valence-electron chi connectivity index (χ3n) is 4.55. The monoisotopic (exact) mass is 423 g/mol. The number of sulfonamides is 1. The van der Waals surface area contributed by atoms with E-state index in [1.165, 1.54) is 0 Å². The Hall–Kier alpha value is -2.05. The van der Waals surface area contributed by atoms with Crippen molar-refractivity contribution in [2.45, 2.75) is 57.3 Å². The van der Waals surface area contributed by atoms with Crippen LogP contribution in [0.15, 0.2) is 41.3 Å². The average molecular weight is 424 g/mol. The Bertz CT molecular complexity index is 918. The molecule has 0 unspecified atom stereocenters. The Balaban J connectivity index is 2.03. The highest BCUT2D eigenvalue weighted by atomic mass is 35.5. The maximum Gasteiger partial charge on any atom is 0.303 e. The Morgan fingerprint density at radius 1 is 1.04 bits per heavy atom. The zero-order valence-electron chi connectivity index (χ0n) is 16.2. The fourth-order valence-electron chi connectivity index (χ4n) is 3.09. The van der Waals surface area contributed by atoms with E-state index in [0.717, 1.165) is 42.4 Å². The van der Waals surface area contributed by atoms with Gasteiger partial charge in [0.2, 0.25) is 0 Å². The first-order valence-electron chi connectivity index (χ1n) is 9.29. The number of anilines is 1. The zero-order valence-corrected chi connectivity index (χ0v) is 17.7. The van der Waals surface area contributed by atoms with Crippen molar-refractivity contribution in [3.63, 3.8) is 0 Å². The minimum Gasteiger partial charge on any atom is -0.481 e. The second-order valence-corrected chi connectivity index (χ2v) is 9.09. The lowest BCUT2D eigenvalue weighted by Gasteiger charge is -2.14. The van der Waals surface area contributed by atoms with Gasteiger partial charge < -0.3 is 5.11 Å². The number of nitrogens with one attached hydrogen (secondary N) is 1. The average Bonchev–Trinajstić information content (AvgIpc) is 2.61. The van der Waals surface area contributed by atoms with Crippen molar-refractivity contribution in [3.8, 4) is 0 Å². The molecule has 0 aliphatic rings. The van der Waals surface area contributed by atoms with Crippen molar-refractivity contribution < 1.29 is 18.3 Å². The minimum absolute atomic E-state index is 0.197. The van der Waals surface area contributed by atoms with Crippen LogP contribution in [-0.4, -0.2) is 19.5 Å². The maximum atomic E-state index is 12.8. The molecule has 0 saturated carbocycles. The summed E-state index contributed by atoms with van der Waals surface area (Å²) in [6.07, 6.45) is 4.31. The number of hydrogen-bond acceptors (Lipinski definition) is 3. The third-order valence-corrected chi connectivity index (χ3v) is 6.11. The van der Waals surface area contributed by atoms with Crippen molar-refractivity contribution in [2.24, 2.45) is 0 Å². The zero-order chi connectivity index (χ0) is 20.7. The van der Waals surface area contributed by atoms with Gasteiger partial charge in [-0.3, -0.25) is 9.52 Å². The number of benzene rings is 2. The molecule has 0 atom stereocenters. The number of carboxylic acid groups (broad SMARTS) is 1. The summed E-state index contributed by atoms with van der Waals surface area (Å²) >= 11 is 6.02. The summed E-state index contributed by atoms with van der Waals surface area (Å²) in [4.78, 5) is 10.7. The second-order valence-electron chi connectivity index (χ2n) is 6.98. The molecule has 0 aromatic heterocycles. The Labute approximate surface area is 171 Å². The van der Waals surface area contributed by atoms with Gasteiger partial charge in [0.1, 0.15) is 0 Å². The molecule has 152 valence electrons. The number of carboxylic acids is 1. The van der Waals surface area contributed by atoms with Crippen LogP contribution < -0.4 is 4.72 Å². The van der Waals surface area contributed by atoms with Gasteiger partial charge >= 0.3 is 5.97 Å². The molecule has 0 amide bonds. The van der Waals surface area contributed by atoms with E-state index >= 15 is 0 Å². The Morgan fingerprint density at radius 3 is 2.32 bits per heavy atom. The fourth-order valence-corrected chi connectivity index (χ4v) is 4.69. The molecule has 2 aromatic carbocycles. The molecule has 2 aromatic rings. The van der Waals surface area contributed by atoms with Gasteiger partial charge in [-0.05, 0) is 74.1 Å². The standard InChI is InChI=1S/C21H26ClNO4S/c1-15-12-18(22)13-16(2)21(15)23-28(26,27)19-10-7-9-17(14-19)8-5-3-4-6-11-20(24)25/h7,9-10,12-14,23H,3-6,8,11H2,1-2H3,(H,24,25). The summed E-state index contributed by atoms with van der Waals surface area (Å²) in [6.45, 7) is 3.63. The minimum atomic E-state index is -3.70. The highest BCUT2D eigenvalue weighted by molar-refractivity contribution is 7.92. The summed E-state index contributed by atoms with van der Waals surface area (Å²) in [5.41, 5.74) is 3.04. The van der Waals surface area contributed by atoms with Crippen LogP contribution >= 0.6 is 11.6 Å². The smallest absolute Gasteiger partial charge is 0.303 e. The van der Waals surface area contributed by atoms with E-state index in [2.05, 4.69) is 4.72 Å². The van der Waals surface area contributed by atoms with Crippen molar-refractivity contribution in [3.05, 3.63) is 58.1 Å². The molecule has 2 rings (SSSR count). The maximum absolute atomic E-state index is 12.8. The SMILES string of the molecule is Cc1cc(Cl)cc(C)c1NS(=O)(=O)c1cccc(CCCCCCC(=O)O)c1. The first-order chi connectivity index (χ1) is 13.2. The van der Waals surface area contributed by atoms with Crippen LogP contribution in [0.3, 0.4) is 0 Å². The first kappa shape index (κ1) is 22.2. The summed E-state index contributed by atoms with van der Waals surface area (Å²) in [6, 6.07) is 10.4. The molecular weight excluding hydrogens is 398 g/mol. The number of rotatable bonds is 10. The van der Waals surface area contributed by atoms with Gasteiger partial charge in [0.15, 0.2) is 0 Å². The van der Waals surface area contributed by atoms with Crippen molar-refractivity contribution in [1.29, 1.82) is 0 Å². The van der Waals surface area contributed by atoms with Crippen LogP contribution in [-0.2, 0) is 21.2 Å². The van der Waals surface area contributed by atoms with Crippen molar-refractivity contribution in [1.82, 2.24) is 0 Å². The molecule has 0 aliphatic carbocycles. The first-order valence-corrected chi connectivity index (χ1v) is 11.2. The number of unbranched alkanes of at least 4 members (excludes halogenated alkanes) is 3. The van der Waals surface area contributed by atoms with Gasteiger partial charge in [-0.1, -0.05) is 36.6 Å². The number of aryl methyl sites for hydroxylation is 3. The van der Waals surface area contributed by atoms with E-state index in [0.29, 0.717) is 17.1 Å². The topological polar surface area (TPSA) is 83.5 Å². The molecule has 0 aliphatic heterocycles. The highest BCUT2D eigenvalue weighted by Gasteiger charge is 2.17. The van der Waals surface area contributed by atoms with Crippen LogP contribution in [0.4, 0.5) is 5.69 Å². The quantitative estimate of drug-likeness (QED) is 0.505. The molecule has 0 bridgehead atoms. The Morgan fingerprint density at radius 2 is 1.68 bits per heavy atom. The molecule has 0 fully saturated rings. The van der Waals surface area contributed by atoms with Gasteiger partial charge in [-0.2, -0.15) is 0 Å². The largest absolute Gasteiger partial charge is 0.481 e. The van der Waals surface area contributed by atoms with Gasteiger partial charge in [0.05, 0.1) is 10.6 Å². The second kappa shape index (κ2) is 9.94. The van der Waals surface area contributed by atoms with Gasteiger partial charge in [-0.25, -0.2) is 8.42 Å². The van der Waals surface area contributed by atoms with E-state index in [-0.39, 0.29) is 11.3 Å². The van der Waals surface area contributed by atoms with Crippen LogP contribution in [0.25, 0.3) is 0 Å². The van der Waals surface area contributed by atoms with E-state index in [1.54, 1.807) is 30.3 Å². The molecular formula is C21H26ClNO4S. The van der Waals surface area contributed by atoms with Gasteiger partial charge in [-0.15, -0.1) is 0 Å². The van der Waals surface area contributed by atoms with Crippen LogP contribution in [0, 0.1) is 13.8 Å². The van der Waals surface area contributed by atoms with E-state index in [1.807, 2.05) is 19.9 Å². The number of halogens is 1. The summed E-state index contributed by atoms with van der Waals surface area (Å²) in [7, 11) is -3.70. The molecule has 7 heteroatoms. The van der Waals surface area contributed by atoms with Gasteiger partial charge in [0.25, 0.3) is 10.0 Å². The van der Waals surface area contributed by atoms with Crippen LogP contribution in [0.2, 0.25) is 5.02 Å². The normalized spacial score (nSPS) is 11.4. The third kappa shape index (κ3) is 6.53. The predicted molar refractivity (Wildman–Crippen MR) is 113 cm³/mol. The van der Waals surface area contributed by atoms with Crippen molar-refractivity contribution in [2.75, 3.05) is 4.72 Å². The molecule has 0 saturated heterocycles. The Kier molecular flexibility index (Phi) is 7.89. The summed E-state index contributed by atoms with van der Waals surface area (Å²) in [5, 5.41) is 9.21. The number of hydrogen-bond donors (Lipinski definition) is 2. The molecule has 0 heterocycles. The molecule has 28 heavy (non-hydrogen) atoms. The van der Waals surface area contributed by atoms with E-state index in [9.17, 15) is 13.2 Å². The van der Waals surface area contributed by atoms with Gasteiger partial charge in [0, 0.05) is 11.4 Å². The molecule has 0 radical (unpaired) electrons. The summed E-state index contributed by atoms with van der Waals surface area (Å²) < 4.78 is 28.3. The fraction of sp³-hybridized carbons (Fsp3) is 0.381. The molecule has 0 spiro atoms. The van der Waals surface area contributed by atoms with E-state index in [4.69, 9.17) is 16.7 Å². The number of carbonyl (C=O) groups is 1. The predicted octanol–water partition coefficient (Wildman–Crippen LogP) is 5.34. The lowest BCUT2D eigenvalue weighted by atomic mass is 10.1. The van der Waals surface area contributed by atoms with Crippen molar-refractivity contribution >= 4 is 33.3 Å². The number of aliphatic carboxylic acids is 1. The lowest BCUT2D eigenvalue weighted by Crippen LogP contribution is -2.15.